The quantitative estimate of drug-likeness (QED) is 0.805. The molecule has 0 aliphatic rings. The molecule has 110 valence electrons. The zero-order valence-electron chi connectivity index (χ0n) is 12.0. The molecule has 2 heterocycles. The van der Waals surface area contributed by atoms with E-state index in [0.717, 1.165) is 10.9 Å². The highest BCUT2D eigenvalue weighted by Gasteiger charge is 2.20. The lowest BCUT2D eigenvalue weighted by molar-refractivity contribution is 0.600. The standard InChI is InChI=1S/C14H16N4O2S/c1-10-14(9-18(3)15-10)21(19,20)16-12-4-5-13-11(8-12)6-7-17(13)2/h4-9,16H,1-3H3. The number of aryl methyl sites for hydroxylation is 3. The Morgan fingerprint density at radius 3 is 2.62 bits per heavy atom. The van der Waals surface area contributed by atoms with E-state index in [9.17, 15) is 8.42 Å². The van der Waals surface area contributed by atoms with Crippen molar-refractivity contribution in [1.82, 2.24) is 14.3 Å². The minimum Gasteiger partial charge on any atom is -0.351 e. The second-order valence-corrected chi connectivity index (χ2v) is 6.71. The Morgan fingerprint density at radius 1 is 1.19 bits per heavy atom. The van der Waals surface area contributed by atoms with Crippen LogP contribution >= 0.6 is 0 Å². The molecule has 0 spiro atoms. The lowest BCUT2D eigenvalue weighted by atomic mass is 10.2. The van der Waals surface area contributed by atoms with Crippen molar-refractivity contribution in [3.63, 3.8) is 0 Å². The summed E-state index contributed by atoms with van der Waals surface area (Å²) in [5, 5.41) is 5.05. The third-order valence-electron chi connectivity index (χ3n) is 3.40. The van der Waals surface area contributed by atoms with Gasteiger partial charge in [0.1, 0.15) is 4.90 Å². The lowest BCUT2D eigenvalue weighted by Gasteiger charge is -2.07. The summed E-state index contributed by atoms with van der Waals surface area (Å²) < 4.78 is 30.9. The zero-order valence-corrected chi connectivity index (χ0v) is 12.8. The van der Waals surface area contributed by atoms with Crippen LogP contribution in [0, 0.1) is 6.92 Å². The molecule has 2 aromatic heterocycles. The minimum atomic E-state index is -3.63. The highest BCUT2D eigenvalue weighted by molar-refractivity contribution is 7.92. The molecule has 0 bridgehead atoms. The Kier molecular flexibility index (Phi) is 3.02. The number of hydrogen-bond donors (Lipinski definition) is 1. The van der Waals surface area contributed by atoms with Gasteiger partial charge in [0.2, 0.25) is 0 Å². The second kappa shape index (κ2) is 4.63. The Bertz CT molecular complexity index is 922. The molecule has 7 heteroatoms. The summed E-state index contributed by atoms with van der Waals surface area (Å²) in [6.07, 6.45) is 3.44. The molecule has 21 heavy (non-hydrogen) atoms. The summed E-state index contributed by atoms with van der Waals surface area (Å²) in [4.78, 5) is 0.193. The van der Waals surface area contributed by atoms with Gasteiger partial charge in [0.25, 0.3) is 10.0 Å². The molecule has 0 unspecified atom stereocenters. The molecule has 1 N–H and O–H groups in total. The summed E-state index contributed by atoms with van der Waals surface area (Å²) in [5.74, 6) is 0. The summed E-state index contributed by atoms with van der Waals surface area (Å²) in [7, 11) is 0.0209. The summed E-state index contributed by atoms with van der Waals surface area (Å²) >= 11 is 0. The van der Waals surface area contributed by atoms with Gasteiger partial charge in [-0.3, -0.25) is 9.40 Å². The van der Waals surface area contributed by atoms with E-state index < -0.39 is 10.0 Å². The van der Waals surface area contributed by atoms with Crippen molar-refractivity contribution >= 4 is 26.6 Å². The largest absolute Gasteiger partial charge is 0.351 e. The van der Waals surface area contributed by atoms with Crippen LogP contribution in [0.4, 0.5) is 5.69 Å². The van der Waals surface area contributed by atoms with Crippen molar-refractivity contribution in [2.45, 2.75) is 11.8 Å². The minimum absolute atomic E-state index is 0.193. The number of anilines is 1. The van der Waals surface area contributed by atoms with Crippen LogP contribution in [0.3, 0.4) is 0 Å². The van der Waals surface area contributed by atoms with Gasteiger partial charge in [0.05, 0.1) is 5.69 Å². The van der Waals surface area contributed by atoms with Crippen molar-refractivity contribution in [3.8, 4) is 0 Å². The van der Waals surface area contributed by atoms with Gasteiger partial charge in [0.15, 0.2) is 0 Å². The molecule has 0 atom stereocenters. The first-order chi connectivity index (χ1) is 9.87. The van der Waals surface area contributed by atoms with Crippen LogP contribution in [0.25, 0.3) is 10.9 Å². The number of hydrogen-bond acceptors (Lipinski definition) is 3. The van der Waals surface area contributed by atoms with Gasteiger partial charge in [-0.1, -0.05) is 0 Å². The summed E-state index contributed by atoms with van der Waals surface area (Å²) in [6, 6.07) is 7.41. The van der Waals surface area contributed by atoms with E-state index in [1.165, 1.54) is 10.9 Å². The summed E-state index contributed by atoms with van der Waals surface area (Å²) in [5.41, 5.74) is 2.07. The van der Waals surface area contributed by atoms with Crippen LogP contribution in [-0.4, -0.2) is 22.8 Å². The Balaban J connectivity index is 1.99. The van der Waals surface area contributed by atoms with Crippen molar-refractivity contribution in [2.24, 2.45) is 14.1 Å². The second-order valence-electron chi connectivity index (χ2n) is 5.06. The highest BCUT2D eigenvalue weighted by Crippen LogP contribution is 2.23. The topological polar surface area (TPSA) is 68.9 Å². The predicted octanol–water partition coefficient (Wildman–Crippen LogP) is 2.02. The van der Waals surface area contributed by atoms with Crippen molar-refractivity contribution < 1.29 is 8.42 Å². The first kappa shape index (κ1) is 13.7. The first-order valence-electron chi connectivity index (χ1n) is 6.45. The molecule has 0 saturated heterocycles. The molecular weight excluding hydrogens is 288 g/mol. The molecule has 0 saturated carbocycles. The normalized spacial score (nSPS) is 12.0. The number of benzene rings is 1. The van der Waals surface area contributed by atoms with E-state index in [1.54, 1.807) is 20.0 Å². The van der Waals surface area contributed by atoms with E-state index in [0.29, 0.717) is 11.4 Å². The maximum Gasteiger partial charge on any atom is 0.265 e. The number of aromatic nitrogens is 3. The third-order valence-corrected chi connectivity index (χ3v) is 4.88. The molecule has 3 aromatic rings. The average Bonchev–Trinajstić information content (AvgIpc) is 2.93. The molecule has 0 amide bonds. The molecule has 0 aliphatic heterocycles. The van der Waals surface area contributed by atoms with Gasteiger partial charge in [-0.25, -0.2) is 8.42 Å². The van der Waals surface area contributed by atoms with Crippen LogP contribution < -0.4 is 4.72 Å². The zero-order chi connectivity index (χ0) is 15.2. The van der Waals surface area contributed by atoms with Crippen LogP contribution in [0.2, 0.25) is 0 Å². The molecule has 0 aliphatic carbocycles. The Hall–Kier alpha value is -2.28. The van der Waals surface area contributed by atoms with Crippen LogP contribution in [0.15, 0.2) is 41.6 Å². The van der Waals surface area contributed by atoms with Crippen LogP contribution in [0.5, 0.6) is 0 Å². The molecule has 0 radical (unpaired) electrons. The van der Waals surface area contributed by atoms with E-state index in [4.69, 9.17) is 0 Å². The monoisotopic (exact) mass is 304 g/mol. The number of rotatable bonds is 3. The molecule has 6 nitrogen and oxygen atoms in total. The maximum atomic E-state index is 12.4. The number of sulfonamides is 1. The third kappa shape index (κ3) is 2.40. The maximum absolute atomic E-state index is 12.4. The Morgan fingerprint density at radius 2 is 1.95 bits per heavy atom. The SMILES string of the molecule is Cc1nn(C)cc1S(=O)(=O)Nc1ccc2c(ccn2C)c1. The van der Waals surface area contributed by atoms with Gasteiger partial charge in [-0.2, -0.15) is 5.10 Å². The van der Waals surface area contributed by atoms with Crippen LogP contribution in [0.1, 0.15) is 5.69 Å². The van der Waals surface area contributed by atoms with Gasteiger partial charge >= 0.3 is 0 Å². The van der Waals surface area contributed by atoms with Gasteiger partial charge < -0.3 is 4.57 Å². The fourth-order valence-corrected chi connectivity index (χ4v) is 3.67. The fourth-order valence-electron chi connectivity index (χ4n) is 2.40. The molecular formula is C14H16N4O2S. The van der Waals surface area contributed by atoms with Crippen molar-refractivity contribution in [3.05, 3.63) is 42.4 Å². The van der Waals surface area contributed by atoms with Crippen LogP contribution in [-0.2, 0) is 24.1 Å². The number of fused-ring (bicyclic) bond motifs is 1. The predicted molar refractivity (Wildman–Crippen MR) is 81.7 cm³/mol. The molecule has 1 aromatic carbocycles. The average molecular weight is 304 g/mol. The smallest absolute Gasteiger partial charge is 0.265 e. The first-order valence-corrected chi connectivity index (χ1v) is 7.93. The van der Waals surface area contributed by atoms with Gasteiger partial charge in [0, 0.05) is 43.1 Å². The fraction of sp³-hybridized carbons (Fsp3) is 0.214. The van der Waals surface area contributed by atoms with E-state index in [2.05, 4.69) is 9.82 Å². The van der Waals surface area contributed by atoms with E-state index >= 15 is 0 Å². The highest BCUT2D eigenvalue weighted by atomic mass is 32.2. The van der Waals surface area contributed by atoms with Crippen molar-refractivity contribution in [1.29, 1.82) is 0 Å². The summed E-state index contributed by atoms with van der Waals surface area (Å²) in [6.45, 7) is 1.68. The van der Waals surface area contributed by atoms with Crippen molar-refractivity contribution in [2.75, 3.05) is 4.72 Å². The number of nitrogens with zero attached hydrogens (tertiary/aromatic N) is 3. The van der Waals surface area contributed by atoms with E-state index in [-0.39, 0.29) is 4.90 Å². The molecule has 3 rings (SSSR count). The van der Waals surface area contributed by atoms with E-state index in [1.807, 2.05) is 36.0 Å². The number of nitrogens with one attached hydrogen (secondary N) is 1. The van der Waals surface area contributed by atoms with Gasteiger partial charge in [-0.15, -0.1) is 0 Å². The lowest BCUT2D eigenvalue weighted by Crippen LogP contribution is -2.13. The molecule has 0 fully saturated rings. The van der Waals surface area contributed by atoms with Gasteiger partial charge in [-0.05, 0) is 31.2 Å². The Labute approximate surface area is 123 Å².